The molecule has 0 saturated heterocycles. The van der Waals surface area contributed by atoms with E-state index in [1.807, 2.05) is 0 Å². The van der Waals surface area contributed by atoms with E-state index in [0.29, 0.717) is 17.9 Å². The third kappa shape index (κ3) is 2.74. The van der Waals surface area contributed by atoms with Crippen molar-refractivity contribution in [3.05, 3.63) is 51.2 Å². The van der Waals surface area contributed by atoms with E-state index in [9.17, 15) is 14.3 Å². The molecular weight excluding hydrogens is 273 g/mol. The molecule has 0 bridgehead atoms. The van der Waals surface area contributed by atoms with Crippen LogP contribution >= 0.6 is 11.6 Å². The van der Waals surface area contributed by atoms with Crippen LogP contribution in [0.5, 0.6) is 5.75 Å². The second kappa shape index (κ2) is 5.38. The highest BCUT2D eigenvalue weighted by atomic mass is 35.5. The van der Waals surface area contributed by atoms with Gasteiger partial charge < -0.3 is 10.4 Å². The van der Waals surface area contributed by atoms with E-state index in [4.69, 9.17) is 11.6 Å². The molecule has 0 atom stereocenters. The molecule has 100 valence electrons. The van der Waals surface area contributed by atoms with E-state index in [1.165, 1.54) is 12.1 Å². The number of rotatable bonds is 3. The fourth-order valence-corrected chi connectivity index (χ4v) is 1.75. The third-order valence-electron chi connectivity index (χ3n) is 2.48. The highest BCUT2D eigenvalue weighted by Gasteiger charge is 2.10. The molecule has 1 aromatic heterocycles. The number of hydrogen-bond acceptors (Lipinski definition) is 4. The van der Waals surface area contributed by atoms with Crippen LogP contribution in [0.3, 0.4) is 0 Å². The number of hydrogen-bond donors (Lipinski definition) is 2. The van der Waals surface area contributed by atoms with Crippen molar-refractivity contribution < 1.29 is 9.50 Å². The minimum Gasteiger partial charge on any atom is -0.506 e. The minimum absolute atomic E-state index is 0.102. The Morgan fingerprint density at radius 1 is 1.47 bits per heavy atom. The van der Waals surface area contributed by atoms with Crippen molar-refractivity contribution in [1.82, 2.24) is 15.1 Å². The van der Waals surface area contributed by atoms with Crippen LogP contribution in [0.2, 0.25) is 5.02 Å². The molecule has 1 heterocycles. The van der Waals surface area contributed by atoms with E-state index >= 15 is 0 Å². The van der Waals surface area contributed by atoms with Crippen molar-refractivity contribution in [2.75, 3.05) is 7.05 Å². The molecule has 0 aliphatic carbocycles. The number of halogens is 2. The van der Waals surface area contributed by atoms with Crippen molar-refractivity contribution >= 4 is 11.6 Å². The van der Waals surface area contributed by atoms with Gasteiger partial charge in [-0.2, -0.15) is 9.78 Å². The topological polar surface area (TPSA) is 67.2 Å². The second-order valence-electron chi connectivity index (χ2n) is 3.86. The highest BCUT2D eigenvalue weighted by molar-refractivity contribution is 6.30. The molecule has 2 aromatic rings. The summed E-state index contributed by atoms with van der Waals surface area (Å²) in [7, 11) is 1.69. The monoisotopic (exact) mass is 283 g/mol. The van der Waals surface area contributed by atoms with E-state index in [-0.39, 0.29) is 10.8 Å². The molecule has 0 fully saturated rings. The number of aromatic nitrogens is 2. The largest absolute Gasteiger partial charge is 0.506 e. The molecule has 2 rings (SSSR count). The summed E-state index contributed by atoms with van der Waals surface area (Å²) < 4.78 is 14.1. The SMILES string of the molecule is CNCc1nn(-c2ccc(F)c(Cl)c2)c(=O)cc1O. The summed E-state index contributed by atoms with van der Waals surface area (Å²) in [6.07, 6.45) is 0. The molecule has 0 radical (unpaired) electrons. The molecule has 5 nitrogen and oxygen atoms in total. The molecule has 0 spiro atoms. The summed E-state index contributed by atoms with van der Waals surface area (Å²) in [5.41, 5.74) is 0.108. The maximum absolute atomic E-state index is 13.1. The molecule has 0 aliphatic rings. The Balaban J connectivity index is 2.57. The van der Waals surface area contributed by atoms with E-state index in [0.717, 1.165) is 16.8 Å². The smallest absolute Gasteiger partial charge is 0.275 e. The molecule has 0 amide bonds. The van der Waals surface area contributed by atoms with Gasteiger partial charge in [-0.05, 0) is 25.2 Å². The Morgan fingerprint density at radius 2 is 2.21 bits per heavy atom. The molecule has 1 aromatic carbocycles. The fourth-order valence-electron chi connectivity index (χ4n) is 1.58. The Hall–Kier alpha value is -1.92. The zero-order chi connectivity index (χ0) is 14.0. The normalized spacial score (nSPS) is 10.7. The van der Waals surface area contributed by atoms with Gasteiger partial charge in [-0.25, -0.2) is 4.39 Å². The number of nitrogens with zero attached hydrogens (tertiary/aromatic N) is 2. The van der Waals surface area contributed by atoms with Crippen molar-refractivity contribution in [2.45, 2.75) is 6.54 Å². The zero-order valence-corrected chi connectivity index (χ0v) is 10.8. The van der Waals surface area contributed by atoms with Crippen molar-refractivity contribution in [3.63, 3.8) is 0 Å². The van der Waals surface area contributed by atoms with Crippen LogP contribution in [0.1, 0.15) is 5.69 Å². The van der Waals surface area contributed by atoms with Gasteiger partial charge >= 0.3 is 0 Å². The van der Waals surface area contributed by atoms with Crippen molar-refractivity contribution in [3.8, 4) is 11.4 Å². The molecule has 7 heteroatoms. The standard InChI is InChI=1S/C12H11ClFN3O2/c1-15-6-10-11(18)5-12(19)17(16-10)7-2-3-9(14)8(13)4-7/h2-5,15,18H,6H2,1H3. The maximum atomic E-state index is 13.1. The fraction of sp³-hybridized carbons (Fsp3) is 0.167. The van der Waals surface area contributed by atoms with E-state index in [2.05, 4.69) is 10.4 Å². The molecule has 0 unspecified atom stereocenters. The van der Waals surface area contributed by atoms with Crippen molar-refractivity contribution in [1.29, 1.82) is 0 Å². The van der Waals surface area contributed by atoms with Gasteiger partial charge in [-0.15, -0.1) is 0 Å². The van der Waals surface area contributed by atoms with Crippen LogP contribution in [0.15, 0.2) is 29.1 Å². The number of nitrogens with one attached hydrogen (secondary N) is 1. The van der Waals surface area contributed by atoms with E-state index in [1.54, 1.807) is 7.05 Å². The van der Waals surface area contributed by atoms with Crippen LogP contribution < -0.4 is 10.9 Å². The highest BCUT2D eigenvalue weighted by Crippen LogP contribution is 2.18. The Bertz CT molecular complexity index is 673. The molecule has 19 heavy (non-hydrogen) atoms. The van der Waals surface area contributed by atoms with Gasteiger partial charge in [-0.1, -0.05) is 11.6 Å². The zero-order valence-electron chi connectivity index (χ0n) is 10.0. The van der Waals surface area contributed by atoms with Gasteiger partial charge in [0.25, 0.3) is 5.56 Å². The van der Waals surface area contributed by atoms with Crippen LogP contribution in [-0.2, 0) is 6.54 Å². The van der Waals surface area contributed by atoms with Crippen molar-refractivity contribution in [2.24, 2.45) is 0 Å². The molecule has 2 N–H and O–H groups in total. The van der Waals surface area contributed by atoms with Crippen LogP contribution in [0, 0.1) is 5.82 Å². The average Bonchev–Trinajstić information content (AvgIpc) is 2.36. The van der Waals surface area contributed by atoms with Gasteiger partial charge in [-0.3, -0.25) is 4.79 Å². The van der Waals surface area contributed by atoms with Crippen LogP contribution in [0.25, 0.3) is 5.69 Å². The second-order valence-corrected chi connectivity index (χ2v) is 4.26. The lowest BCUT2D eigenvalue weighted by atomic mass is 10.3. The first-order valence-electron chi connectivity index (χ1n) is 5.45. The summed E-state index contributed by atoms with van der Waals surface area (Å²) in [5.74, 6) is -0.767. The lowest BCUT2D eigenvalue weighted by Gasteiger charge is -2.09. The summed E-state index contributed by atoms with van der Waals surface area (Å²) in [5, 5.41) is 16.3. The Kier molecular flexibility index (Phi) is 3.82. The van der Waals surface area contributed by atoms with Crippen LogP contribution in [-0.4, -0.2) is 21.9 Å². The Labute approximate surface area is 113 Å². The number of aromatic hydroxyl groups is 1. The molecular formula is C12H11ClFN3O2. The summed E-state index contributed by atoms with van der Waals surface area (Å²) in [4.78, 5) is 11.8. The van der Waals surface area contributed by atoms with Gasteiger partial charge in [0.15, 0.2) is 0 Å². The van der Waals surface area contributed by atoms with E-state index < -0.39 is 11.4 Å². The third-order valence-corrected chi connectivity index (χ3v) is 2.77. The first kappa shape index (κ1) is 13.5. The first-order chi connectivity index (χ1) is 9.02. The lowest BCUT2D eigenvalue weighted by Crippen LogP contribution is -2.23. The molecule has 0 saturated carbocycles. The molecule has 0 aliphatic heterocycles. The van der Waals surface area contributed by atoms with Gasteiger partial charge in [0.1, 0.15) is 17.3 Å². The van der Waals surface area contributed by atoms with Gasteiger partial charge in [0.05, 0.1) is 10.7 Å². The average molecular weight is 284 g/mol. The maximum Gasteiger partial charge on any atom is 0.275 e. The summed E-state index contributed by atoms with van der Waals surface area (Å²) in [6, 6.07) is 4.88. The van der Waals surface area contributed by atoms with Crippen LogP contribution in [0.4, 0.5) is 4.39 Å². The van der Waals surface area contributed by atoms with Gasteiger partial charge in [0, 0.05) is 12.6 Å². The lowest BCUT2D eigenvalue weighted by molar-refractivity contribution is 0.453. The summed E-state index contributed by atoms with van der Waals surface area (Å²) in [6.45, 7) is 0.293. The number of benzene rings is 1. The first-order valence-corrected chi connectivity index (χ1v) is 5.83. The quantitative estimate of drug-likeness (QED) is 0.895. The predicted octanol–water partition coefficient (Wildman–Crippen LogP) is 1.45. The summed E-state index contributed by atoms with van der Waals surface area (Å²) >= 11 is 5.67. The predicted molar refractivity (Wildman–Crippen MR) is 69.2 cm³/mol. The minimum atomic E-state index is -0.576. The Morgan fingerprint density at radius 3 is 2.84 bits per heavy atom. The van der Waals surface area contributed by atoms with Gasteiger partial charge in [0.2, 0.25) is 0 Å².